The summed E-state index contributed by atoms with van der Waals surface area (Å²) in [6.45, 7) is 5.36. The van der Waals surface area contributed by atoms with Gasteiger partial charge in [0.25, 0.3) is 0 Å². The van der Waals surface area contributed by atoms with Crippen LogP contribution in [0.4, 0.5) is 0 Å². The molecule has 10 heavy (non-hydrogen) atoms. The number of hydrogen-bond donors (Lipinski definition) is 0. The lowest BCUT2D eigenvalue weighted by molar-refractivity contribution is 0.474. The zero-order chi connectivity index (χ0) is 7.56. The summed E-state index contributed by atoms with van der Waals surface area (Å²) in [7, 11) is 0. The summed E-state index contributed by atoms with van der Waals surface area (Å²) in [6, 6.07) is 2.92. The first-order valence-electron chi connectivity index (χ1n) is 3.12. The highest BCUT2D eigenvalue weighted by Crippen LogP contribution is 1.99. The number of rotatable bonds is 1. The number of aryl methyl sites for hydroxylation is 1. The predicted octanol–water partition coefficient (Wildman–Crippen LogP) is 1.32. The van der Waals surface area contributed by atoms with E-state index in [9.17, 15) is 4.79 Å². The van der Waals surface area contributed by atoms with Gasteiger partial charge >= 0.3 is 0 Å². The van der Waals surface area contributed by atoms with Crippen molar-refractivity contribution < 1.29 is 4.42 Å². The van der Waals surface area contributed by atoms with Crippen LogP contribution in [0.5, 0.6) is 0 Å². The molecule has 1 aromatic heterocycles. The van der Waals surface area contributed by atoms with Gasteiger partial charge in [-0.15, -0.1) is 0 Å². The minimum Gasteiger partial charge on any atom is -0.466 e. The third-order valence-corrected chi connectivity index (χ3v) is 1.19. The lowest BCUT2D eigenvalue weighted by Crippen LogP contribution is -1.99. The van der Waals surface area contributed by atoms with Crippen LogP contribution >= 0.6 is 0 Å². The number of hydrogen-bond acceptors (Lipinski definition) is 2. The second-order valence-electron chi connectivity index (χ2n) is 2.12. The Morgan fingerprint density at radius 1 is 1.60 bits per heavy atom. The van der Waals surface area contributed by atoms with Crippen molar-refractivity contribution in [1.29, 1.82) is 0 Å². The maximum absolute atomic E-state index is 10.8. The largest absolute Gasteiger partial charge is 0.466 e. The lowest BCUT2D eigenvalue weighted by atomic mass is 10.3. The average Bonchev–Trinajstić information content (AvgIpc) is 1.85. The van der Waals surface area contributed by atoms with E-state index >= 15 is 0 Å². The maximum Gasteiger partial charge on any atom is 0.185 e. The molecule has 1 radical (unpaired) electrons. The van der Waals surface area contributed by atoms with Crippen molar-refractivity contribution in [3.8, 4) is 0 Å². The van der Waals surface area contributed by atoms with Crippen LogP contribution < -0.4 is 5.43 Å². The molecule has 0 aliphatic rings. The SMILES string of the molecule is [CH2]Cc1cc(=O)cc(C)o1. The van der Waals surface area contributed by atoms with Crippen molar-refractivity contribution >= 4 is 0 Å². The Morgan fingerprint density at radius 2 is 2.30 bits per heavy atom. The van der Waals surface area contributed by atoms with Gasteiger partial charge in [0.2, 0.25) is 0 Å². The van der Waals surface area contributed by atoms with Crippen LogP contribution in [0.2, 0.25) is 0 Å². The maximum atomic E-state index is 10.8. The smallest absolute Gasteiger partial charge is 0.185 e. The van der Waals surface area contributed by atoms with Crippen LogP contribution in [0.25, 0.3) is 0 Å². The van der Waals surface area contributed by atoms with Crippen molar-refractivity contribution in [2.75, 3.05) is 0 Å². The first-order chi connectivity index (χ1) is 4.72. The molecule has 1 heterocycles. The fourth-order valence-corrected chi connectivity index (χ4v) is 0.790. The fraction of sp³-hybridized carbons (Fsp3) is 0.250. The molecule has 0 saturated heterocycles. The first kappa shape index (κ1) is 7.06. The highest BCUT2D eigenvalue weighted by molar-refractivity contribution is 5.05. The molecule has 1 rings (SSSR count). The minimum atomic E-state index is -0.0117. The molecule has 2 heteroatoms. The topological polar surface area (TPSA) is 30.2 Å². The molecule has 0 spiro atoms. The third kappa shape index (κ3) is 1.47. The Balaban J connectivity index is 3.19. The van der Waals surface area contributed by atoms with Crippen LogP contribution in [0, 0.1) is 13.8 Å². The molecule has 0 aromatic carbocycles. The summed E-state index contributed by atoms with van der Waals surface area (Å²) in [4.78, 5) is 10.8. The molecule has 1 aromatic rings. The standard InChI is InChI=1S/C8H9O2/c1-3-8-5-7(9)4-6(2)10-8/h4-5H,1,3H2,2H3. The van der Waals surface area contributed by atoms with E-state index in [1.54, 1.807) is 6.92 Å². The van der Waals surface area contributed by atoms with Crippen molar-refractivity contribution in [3.05, 3.63) is 40.8 Å². The summed E-state index contributed by atoms with van der Waals surface area (Å²) in [5.41, 5.74) is -0.0117. The van der Waals surface area contributed by atoms with Crippen LogP contribution in [0.1, 0.15) is 11.5 Å². The van der Waals surface area contributed by atoms with Crippen LogP contribution in [0.15, 0.2) is 21.3 Å². The van der Waals surface area contributed by atoms with Crippen molar-refractivity contribution in [3.63, 3.8) is 0 Å². The highest BCUT2D eigenvalue weighted by atomic mass is 16.3. The summed E-state index contributed by atoms with van der Waals surface area (Å²) < 4.78 is 5.14. The lowest BCUT2D eigenvalue weighted by Gasteiger charge is -1.95. The van der Waals surface area contributed by atoms with Gasteiger partial charge in [0, 0.05) is 18.6 Å². The van der Waals surface area contributed by atoms with Gasteiger partial charge < -0.3 is 4.42 Å². The van der Waals surface area contributed by atoms with E-state index in [1.807, 2.05) is 0 Å². The quantitative estimate of drug-likeness (QED) is 0.584. The van der Waals surface area contributed by atoms with Gasteiger partial charge in [-0.2, -0.15) is 0 Å². The molecule has 0 fully saturated rings. The molecule has 0 amide bonds. The Bertz CT molecular complexity index is 273. The van der Waals surface area contributed by atoms with Gasteiger partial charge in [-0.25, -0.2) is 0 Å². The van der Waals surface area contributed by atoms with E-state index in [0.29, 0.717) is 17.9 Å². The van der Waals surface area contributed by atoms with E-state index in [0.717, 1.165) is 0 Å². The van der Waals surface area contributed by atoms with Crippen molar-refractivity contribution in [2.24, 2.45) is 0 Å². The zero-order valence-electron chi connectivity index (χ0n) is 5.89. The van der Waals surface area contributed by atoms with Gasteiger partial charge in [-0.1, -0.05) is 0 Å². The van der Waals surface area contributed by atoms with Gasteiger partial charge in [-0.3, -0.25) is 4.79 Å². The van der Waals surface area contributed by atoms with Crippen LogP contribution in [-0.4, -0.2) is 0 Å². The minimum absolute atomic E-state index is 0.0117. The second kappa shape index (κ2) is 2.69. The van der Waals surface area contributed by atoms with Crippen molar-refractivity contribution in [1.82, 2.24) is 0 Å². The average molecular weight is 137 g/mol. The van der Waals surface area contributed by atoms with Crippen molar-refractivity contribution in [2.45, 2.75) is 13.3 Å². The summed E-state index contributed by atoms with van der Waals surface area (Å²) in [6.07, 6.45) is 0.525. The molecule has 0 atom stereocenters. The molecule has 0 bridgehead atoms. The van der Waals surface area contributed by atoms with Crippen LogP contribution in [0.3, 0.4) is 0 Å². The first-order valence-corrected chi connectivity index (χ1v) is 3.12. The Morgan fingerprint density at radius 3 is 2.80 bits per heavy atom. The van der Waals surface area contributed by atoms with Gasteiger partial charge in [-0.05, 0) is 13.8 Å². The van der Waals surface area contributed by atoms with E-state index in [4.69, 9.17) is 4.42 Å². The summed E-state index contributed by atoms with van der Waals surface area (Å²) in [5, 5.41) is 0. The van der Waals surface area contributed by atoms with E-state index in [-0.39, 0.29) is 5.43 Å². The third-order valence-electron chi connectivity index (χ3n) is 1.19. The Hall–Kier alpha value is -1.05. The van der Waals surface area contributed by atoms with Crippen LogP contribution in [-0.2, 0) is 6.42 Å². The van der Waals surface area contributed by atoms with E-state index < -0.39 is 0 Å². The molecule has 53 valence electrons. The predicted molar refractivity (Wildman–Crippen MR) is 38.8 cm³/mol. The van der Waals surface area contributed by atoms with Gasteiger partial charge in [0.15, 0.2) is 5.43 Å². The van der Waals surface area contributed by atoms with Gasteiger partial charge in [0.05, 0.1) is 0 Å². The molecule has 0 aliphatic heterocycles. The fourth-order valence-electron chi connectivity index (χ4n) is 0.790. The highest BCUT2D eigenvalue weighted by Gasteiger charge is 1.94. The Labute approximate surface area is 59.5 Å². The van der Waals surface area contributed by atoms with Gasteiger partial charge in [0.1, 0.15) is 11.5 Å². The monoisotopic (exact) mass is 137 g/mol. The summed E-state index contributed by atoms with van der Waals surface area (Å²) >= 11 is 0. The normalized spacial score (nSPS) is 9.80. The van der Waals surface area contributed by atoms with E-state index in [1.165, 1.54) is 12.1 Å². The molecule has 0 N–H and O–H groups in total. The Kier molecular flexibility index (Phi) is 1.90. The molecular formula is C8H9O2. The summed E-state index contributed by atoms with van der Waals surface area (Å²) in [5.74, 6) is 1.29. The molecule has 0 aliphatic carbocycles. The second-order valence-corrected chi connectivity index (χ2v) is 2.12. The molecular weight excluding hydrogens is 128 g/mol. The molecule has 0 unspecified atom stereocenters. The van der Waals surface area contributed by atoms with E-state index in [2.05, 4.69) is 6.92 Å². The molecule has 0 saturated carbocycles. The molecule has 2 nitrogen and oxygen atoms in total. The zero-order valence-corrected chi connectivity index (χ0v) is 5.89.